The van der Waals surface area contributed by atoms with Gasteiger partial charge in [0.1, 0.15) is 12.1 Å². The Kier molecular flexibility index (Phi) is 5.74. The summed E-state index contributed by atoms with van der Waals surface area (Å²) in [6, 6.07) is 12.9. The number of carbonyl (C=O) groups excluding carboxylic acids is 2. The molecule has 0 unspecified atom stereocenters. The van der Waals surface area contributed by atoms with Crippen molar-refractivity contribution in [3.05, 3.63) is 88.1 Å². The van der Waals surface area contributed by atoms with E-state index in [0.717, 1.165) is 24.7 Å². The lowest BCUT2D eigenvalue weighted by Gasteiger charge is -2.12. The lowest BCUT2D eigenvalue weighted by molar-refractivity contribution is 0.0512. The zero-order chi connectivity index (χ0) is 21.1. The molecule has 0 spiro atoms. The van der Waals surface area contributed by atoms with Crippen LogP contribution in [0.3, 0.4) is 0 Å². The fourth-order valence-electron chi connectivity index (χ4n) is 3.57. The van der Waals surface area contributed by atoms with E-state index in [2.05, 4.69) is 5.16 Å². The lowest BCUT2D eigenvalue weighted by Crippen LogP contribution is -2.14. The van der Waals surface area contributed by atoms with Gasteiger partial charge in [0.15, 0.2) is 5.78 Å². The van der Waals surface area contributed by atoms with Gasteiger partial charge in [0.2, 0.25) is 5.69 Å². The van der Waals surface area contributed by atoms with Crippen molar-refractivity contribution in [1.82, 2.24) is 5.16 Å². The van der Waals surface area contributed by atoms with Gasteiger partial charge in [-0.1, -0.05) is 35.5 Å². The zero-order valence-electron chi connectivity index (χ0n) is 16.7. The summed E-state index contributed by atoms with van der Waals surface area (Å²) in [5, 5.41) is 3.65. The molecule has 1 aliphatic rings. The number of ketones is 1. The van der Waals surface area contributed by atoms with Gasteiger partial charge in [-0.05, 0) is 67.3 Å². The van der Waals surface area contributed by atoms with E-state index < -0.39 is 11.8 Å². The highest BCUT2D eigenvalue weighted by Crippen LogP contribution is 2.42. The Hall–Kier alpha value is -3.28. The summed E-state index contributed by atoms with van der Waals surface area (Å²) in [4.78, 5) is 25.5. The van der Waals surface area contributed by atoms with E-state index in [-0.39, 0.29) is 29.6 Å². The molecule has 0 radical (unpaired) electrons. The van der Waals surface area contributed by atoms with Crippen LogP contribution in [0, 0.1) is 5.82 Å². The molecule has 0 aliphatic heterocycles. The third-order valence-electron chi connectivity index (χ3n) is 5.29. The highest BCUT2D eigenvalue weighted by Gasteiger charge is 2.31. The van der Waals surface area contributed by atoms with Gasteiger partial charge in [0, 0.05) is 5.56 Å². The summed E-state index contributed by atoms with van der Waals surface area (Å²) in [6.45, 7) is 1.83. The van der Waals surface area contributed by atoms with Gasteiger partial charge in [-0.25, -0.2) is 9.18 Å². The van der Waals surface area contributed by atoms with Crippen molar-refractivity contribution < 1.29 is 23.2 Å². The fraction of sp³-hybridized carbons (Fsp3) is 0.292. The number of hydrogen-bond donors (Lipinski definition) is 0. The Morgan fingerprint density at radius 3 is 2.60 bits per heavy atom. The molecule has 3 aromatic rings. The number of rotatable bonds is 8. The Balaban J connectivity index is 1.70. The van der Waals surface area contributed by atoms with Crippen LogP contribution in [0.1, 0.15) is 68.8 Å². The lowest BCUT2D eigenvalue weighted by atomic mass is 9.91. The molecule has 154 valence electrons. The highest BCUT2D eigenvalue weighted by atomic mass is 19.1. The summed E-state index contributed by atoms with van der Waals surface area (Å²) in [5.74, 6) is -1.27. The van der Waals surface area contributed by atoms with E-state index in [4.69, 9.17) is 9.26 Å². The van der Waals surface area contributed by atoms with Gasteiger partial charge in [-0.3, -0.25) is 4.79 Å². The molecule has 1 heterocycles. The number of nitrogens with zero attached hydrogens (tertiary/aromatic N) is 1. The molecule has 0 N–H and O–H groups in total. The normalized spacial score (nSPS) is 13.3. The van der Waals surface area contributed by atoms with Crippen LogP contribution < -0.4 is 0 Å². The van der Waals surface area contributed by atoms with Gasteiger partial charge in [0.25, 0.3) is 0 Å². The van der Waals surface area contributed by atoms with Gasteiger partial charge < -0.3 is 9.26 Å². The van der Waals surface area contributed by atoms with E-state index in [9.17, 15) is 14.0 Å². The van der Waals surface area contributed by atoms with E-state index in [1.54, 1.807) is 13.0 Å². The first kappa shape index (κ1) is 20.0. The van der Waals surface area contributed by atoms with Crippen LogP contribution in [0.4, 0.5) is 4.39 Å². The second-order valence-corrected chi connectivity index (χ2v) is 7.42. The third-order valence-corrected chi connectivity index (χ3v) is 5.29. The van der Waals surface area contributed by atoms with Crippen LogP contribution in [0.2, 0.25) is 0 Å². The molecule has 2 aromatic carbocycles. The number of aromatic nitrogens is 1. The maximum atomic E-state index is 14.7. The number of halogens is 1. The fourth-order valence-corrected chi connectivity index (χ4v) is 3.57. The zero-order valence-corrected chi connectivity index (χ0v) is 16.7. The molecule has 1 saturated carbocycles. The number of esters is 1. The number of carbonyl (C=O) groups is 2. The minimum absolute atomic E-state index is 0.0303. The average Bonchev–Trinajstić information content (AvgIpc) is 3.47. The first-order valence-electron chi connectivity index (χ1n) is 10.1. The topological polar surface area (TPSA) is 69.4 Å². The maximum Gasteiger partial charge on any atom is 0.361 e. The van der Waals surface area contributed by atoms with Crippen molar-refractivity contribution in [3.63, 3.8) is 0 Å². The molecule has 30 heavy (non-hydrogen) atoms. The van der Waals surface area contributed by atoms with Crippen molar-refractivity contribution in [3.8, 4) is 0 Å². The van der Waals surface area contributed by atoms with Crippen LogP contribution in [0.15, 0.2) is 53.3 Å². The Morgan fingerprint density at radius 1 is 1.13 bits per heavy atom. The van der Waals surface area contributed by atoms with Gasteiger partial charge in [-0.15, -0.1) is 0 Å². The summed E-state index contributed by atoms with van der Waals surface area (Å²) >= 11 is 0. The van der Waals surface area contributed by atoms with Crippen LogP contribution >= 0.6 is 0 Å². The molecule has 0 saturated heterocycles. The second-order valence-electron chi connectivity index (χ2n) is 7.42. The minimum Gasteiger partial charge on any atom is -0.461 e. The summed E-state index contributed by atoms with van der Waals surface area (Å²) in [6.07, 6.45) is 4.13. The number of benzene rings is 2. The van der Waals surface area contributed by atoms with Crippen LogP contribution in [-0.2, 0) is 17.6 Å². The molecular weight excluding hydrogens is 385 g/mol. The van der Waals surface area contributed by atoms with Crippen LogP contribution in [0.25, 0.3) is 0 Å². The van der Waals surface area contributed by atoms with Crippen LogP contribution in [0.5, 0.6) is 0 Å². The van der Waals surface area contributed by atoms with Gasteiger partial charge in [-0.2, -0.15) is 0 Å². The van der Waals surface area contributed by atoms with Crippen molar-refractivity contribution in [1.29, 1.82) is 0 Å². The molecule has 5 nitrogen and oxygen atoms in total. The molecule has 0 atom stereocenters. The quantitative estimate of drug-likeness (QED) is 0.393. The monoisotopic (exact) mass is 407 g/mol. The van der Waals surface area contributed by atoms with Crippen LogP contribution in [-0.4, -0.2) is 23.5 Å². The number of ether oxygens (including phenoxy) is 1. The van der Waals surface area contributed by atoms with Crippen molar-refractivity contribution >= 4 is 11.8 Å². The van der Waals surface area contributed by atoms with E-state index in [1.807, 2.05) is 30.3 Å². The molecule has 4 rings (SSSR count). The van der Waals surface area contributed by atoms with E-state index in [1.165, 1.54) is 6.07 Å². The Bertz CT molecular complexity index is 1070. The van der Waals surface area contributed by atoms with Crippen molar-refractivity contribution in [2.75, 3.05) is 6.61 Å². The van der Waals surface area contributed by atoms with Crippen molar-refractivity contribution in [2.45, 2.75) is 38.5 Å². The van der Waals surface area contributed by atoms with Gasteiger partial charge >= 0.3 is 5.97 Å². The standard InChI is InChI=1S/C24H22FNO4/c1-2-29-24(28)22-20(14-30-26-22)23(27)19-13-18(16-10-11-16)21(25)12-17(19)9-8-15-6-4-3-5-7-15/h3-7,12-14,16H,2,8-11H2,1H3. The molecule has 0 amide bonds. The smallest absolute Gasteiger partial charge is 0.361 e. The Morgan fingerprint density at radius 2 is 1.90 bits per heavy atom. The predicted octanol–water partition coefficient (Wildman–Crippen LogP) is 4.88. The molecular formula is C24H22FNO4. The summed E-state index contributed by atoms with van der Waals surface area (Å²) in [7, 11) is 0. The number of hydrogen-bond acceptors (Lipinski definition) is 5. The molecule has 1 fully saturated rings. The molecule has 1 aliphatic carbocycles. The van der Waals surface area contributed by atoms with Crippen molar-refractivity contribution in [2.24, 2.45) is 0 Å². The SMILES string of the molecule is CCOC(=O)c1nocc1C(=O)c1cc(C2CC2)c(F)cc1CCc1ccccc1. The average molecular weight is 407 g/mol. The minimum atomic E-state index is -0.718. The molecule has 0 bridgehead atoms. The second kappa shape index (κ2) is 8.61. The van der Waals surface area contributed by atoms with E-state index >= 15 is 0 Å². The molecule has 1 aromatic heterocycles. The largest absolute Gasteiger partial charge is 0.461 e. The maximum absolute atomic E-state index is 14.7. The number of aryl methyl sites for hydroxylation is 2. The summed E-state index contributed by atoms with van der Waals surface area (Å²) < 4.78 is 24.6. The Labute approximate surface area is 173 Å². The van der Waals surface area contributed by atoms with E-state index in [0.29, 0.717) is 29.5 Å². The van der Waals surface area contributed by atoms with Gasteiger partial charge in [0.05, 0.1) is 12.2 Å². The first-order chi connectivity index (χ1) is 14.6. The summed E-state index contributed by atoms with van der Waals surface area (Å²) in [5.41, 5.74) is 2.50. The predicted molar refractivity (Wildman–Crippen MR) is 108 cm³/mol. The third kappa shape index (κ3) is 4.17. The highest BCUT2D eigenvalue weighted by molar-refractivity contribution is 6.14. The first-order valence-corrected chi connectivity index (χ1v) is 10.1. The molecule has 6 heteroatoms.